The first-order valence-electron chi connectivity index (χ1n) is 9.70. The highest BCUT2D eigenvalue weighted by Crippen LogP contribution is 2.38. The van der Waals surface area contributed by atoms with Crippen LogP contribution in [0.3, 0.4) is 0 Å². The van der Waals surface area contributed by atoms with E-state index < -0.39 is 53.6 Å². The fourth-order valence-electron chi connectivity index (χ4n) is 3.28. The molecule has 2 aromatic rings. The third kappa shape index (κ3) is 4.89. The van der Waals surface area contributed by atoms with E-state index >= 15 is 0 Å². The van der Waals surface area contributed by atoms with Crippen LogP contribution in [-0.4, -0.2) is 35.0 Å². The summed E-state index contributed by atoms with van der Waals surface area (Å²) in [5.74, 6) is -6.93. The lowest BCUT2D eigenvalue weighted by Crippen LogP contribution is -2.40. The third-order valence-corrected chi connectivity index (χ3v) is 5.00. The van der Waals surface area contributed by atoms with Crippen LogP contribution in [0.2, 0.25) is 0 Å². The molecule has 0 radical (unpaired) electrons. The minimum Gasteiger partial charge on any atom is -0.449 e. The van der Waals surface area contributed by atoms with Gasteiger partial charge in [-0.25, -0.2) is 18.0 Å². The van der Waals surface area contributed by atoms with Crippen LogP contribution in [0.1, 0.15) is 47.6 Å². The van der Waals surface area contributed by atoms with Gasteiger partial charge < -0.3 is 19.9 Å². The Hall–Kier alpha value is -3.30. The van der Waals surface area contributed by atoms with Crippen LogP contribution in [-0.2, 0) is 14.3 Å². The molecule has 0 saturated heterocycles. The zero-order valence-electron chi connectivity index (χ0n) is 17.2. The van der Waals surface area contributed by atoms with Crippen LogP contribution >= 0.6 is 0 Å². The molecular formula is C21H22F3N3O4. The number of rotatable bonds is 7. The van der Waals surface area contributed by atoms with Gasteiger partial charge in [-0.1, -0.05) is 0 Å². The zero-order chi connectivity index (χ0) is 22.9. The van der Waals surface area contributed by atoms with E-state index in [2.05, 4.69) is 9.88 Å². The minimum atomic E-state index is -1.72. The molecule has 1 aromatic carbocycles. The van der Waals surface area contributed by atoms with Crippen molar-refractivity contribution in [3.05, 3.63) is 52.6 Å². The Morgan fingerprint density at radius 3 is 2.48 bits per heavy atom. The molecule has 0 spiro atoms. The predicted molar refractivity (Wildman–Crippen MR) is 105 cm³/mol. The van der Waals surface area contributed by atoms with Crippen LogP contribution in [0.4, 0.5) is 18.9 Å². The van der Waals surface area contributed by atoms with Crippen molar-refractivity contribution in [1.82, 2.24) is 9.88 Å². The SMILES string of the molecule is Cc1cc(C(=O)O[C@H](C)C(=O)NCC(=O)Nc2ccc(F)c(F)c2F)c(C)n1C1CC1. The molecule has 3 rings (SSSR count). The molecule has 0 bridgehead atoms. The smallest absolute Gasteiger partial charge is 0.340 e. The van der Waals surface area contributed by atoms with E-state index in [1.807, 2.05) is 19.2 Å². The summed E-state index contributed by atoms with van der Waals surface area (Å²) in [6, 6.07) is 3.62. The zero-order valence-corrected chi connectivity index (χ0v) is 17.2. The van der Waals surface area contributed by atoms with E-state index in [1.165, 1.54) is 6.92 Å². The highest BCUT2D eigenvalue weighted by molar-refractivity contribution is 5.96. The molecule has 1 fully saturated rings. The third-order valence-electron chi connectivity index (χ3n) is 5.00. The summed E-state index contributed by atoms with van der Waals surface area (Å²) >= 11 is 0. The first-order chi connectivity index (χ1) is 14.6. The molecule has 1 aliphatic carbocycles. The molecule has 2 amide bonds. The maximum Gasteiger partial charge on any atom is 0.340 e. The summed E-state index contributed by atoms with van der Waals surface area (Å²) in [7, 11) is 0. The van der Waals surface area contributed by atoms with Gasteiger partial charge in [-0.05, 0) is 51.8 Å². The molecule has 31 heavy (non-hydrogen) atoms. The molecule has 2 N–H and O–H groups in total. The normalized spacial score (nSPS) is 14.1. The molecule has 1 heterocycles. The predicted octanol–water partition coefficient (Wildman–Crippen LogP) is 3.16. The van der Waals surface area contributed by atoms with E-state index in [1.54, 1.807) is 6.07 Å². The summed E-state index contributed by atoms with van der Waals surface area (Å²) in [6.45, 7) is 4.47. The number of hydrogen-bond donors (Lipinski definition) is 2. The van der Waals surface area contributed by atoms with Crippen LogP contribution in [0.25, 0.3) is 0 Å². The Bertz CT molecular complexity index is 1050. The van der Waals surface area contributed by atoms with E-state index in [9.17, 15) is 27.6 Å². The summed E-state index contributed by atoms with van der Waals surface area (Å²) in [6.07, 6.45) is 0.921. The summed E-state index contributed by atoms with van der Waals surface area (Å²) in [4.78, 5) is 36.5. The van der Waals surface area contributed by atoms with Gasteiger partial charge in [0.1, 0.15) is 0 Å². The summed E-state index contributed by atoms with van der Waals surface area (Å²) < 4.78 is 47.0. The minimum absolute atomic E-state index is 0.371. The number of hydrogen-bond acceptors (Lipinski definition) is 4. The fraction of sp³-hybridized carbons (Fsp3) is 0.381. The van der Waals surface area contributed by atoms with Crippen LogP contribution in [0.15, 0.2) is 18.2 Å². The van der Waals surface area contributed by atoms with Gasteiger partial charge in [0.25, 0.3) is 5.91 Å². The molecular weight excluding hydrogens is 415 g/mol. The van der Waals surface area contributed by atoms with Gasteiger partial charge in [0, 0.05) is 17.4 Å². The Kier molecular flexibility index (Phi) is 6.37. The van der Waals surface area contributed by atoms with Crippen molar-refractivity contribution in [1.29, 1.82) is 0 Å². The first kappa shape index (κ1) is 22.4. The number of esters is 1. The van der Waals surface area contributed by atoms with E-state index in [0.717, 1.165) is 30.3 Å². The molecule has 1 aliphatic rings. The number of carbonyl (C=O) groups is 3. The topological polar surface area (TPSA) is 89.4 Å². The van der Waals surface area contributed by atoms with Crippen molar-refractivity contribution in [3.63, 3.8) is 0 Å². The molecule has 1 saturated carbocycles. The maximum atomic E-state index is 13.6. The average molecular weight is 437 g/mol. The second-order valence-electron chi connectivity index (χ2n) is 7.42. The molecule has 0 aliphatic heterocycles. The number of ether oxygens (including phenoxy) is 1. The average Bonchev–Trinajstić information content (AvgIpc) is 3.50. The molecule has 7 nitrogen and oxygen atoms in total. The number of aryl methyl sites for hydroxylation is 1. The van der Waals surface area contributed by atoms with Crippen LogP contribution in [0, 0.1) is 31.3 Å². The molecule has 0 unspecified atom stereocenters. The molecule has 1 atom stereocenters. The van der Waals surface area contributed by atoms with Crippen LogP contribution < -0.4 is 10.6 Å². The number of benzene rings is 1. The van der Waals surface area contributed by atoms with Gasteiger partial charge in [-0.2, -0.15) is 0 Å². The van der Waals surface area contributed by atoms with Crippen molar-refractivity contribution in [3.8, 4) is 0 Å². The maximum absolute atomic E-state index is 13.6. The number of nitrogens with zero attached hydrogens (tertiary/aromatic N) is 1. The Morgan fingerprint density at radius 1 is 1.16 bits per heavy atom. The van der Waals surface area contributed by atoms with Crippen molar-refractivity contribution in [2.24, 2.45) is 0 Å². The summed E-state index contributed by atoms with van der Waals surface area (Å²) in [5, 5.41) is 4.27. The Labute approximate surface area is 176 Å². The van der Waals surface area contributed by atoms with Crippen molar-refractivity contribution < 1.29 is 32.3 Å². The van der Waals surface area contributed by atoms with E-state index in [0.29, 0.717) is 17.7 Å². The number of anilines is 1. The number of carbonyl (C=O) groups excluding carboxylic acids is 3. The lowest BCUT2D eigenvalue weighted by atomic mass is 10.2. The van der Waals surface area contributed by atoms with Gasteiger partial charge in [0.15, 0.2) is 23.6 Å². The highest BCUT2D eigenvalue weighted by atomic mass is 19.2. The van der Waals surface area contributed by atoms with Crippen molar-refractivity contribution in [2.75, 3.05) is 11.9 Å². The largest absolute Gasteiger partial charge is 0.449 e. The number of amides is 2. The van der Waals surface area contributed by atoms with Gasteiger partial charge in [-0.3, -0.25) is 9.59 Å². The van der Waals surface area contributed by atoms with Crippen molar-refractivity contribution in [2.45, 2.75) is 45.8 Å². The highest BCUT2D eigenvalue weighted by Gasteiger charge is 2.29. The lowest BCUT2D eigenvalue weighted by molar-refractivity contribution is -0.130. The van der Waals surface area contributed by atoms with Crippen LogP contribution in [0.5, 0.6) is 0 Å². The molecule has 166 valence electrons. The van der Waals surface area contributed by atoms with Gasteiger partial charge in [0.2, 0.25) is 5.91 Å². The van der Waals surface area contributed by atoms with E-state index in [-0.39, 0.29) is 0 Å². The molecule has 1 aromatic heterocycles. The second-order valence-corrected chi connectivity index (χ2v) is 7.42. The monoisotopic (exact) mass is 437 g/mol. The quantitative estimate of drug-likeness (QED) is 0.515. The second kappa shape index (κ2) is 8.83. The van der Waals surface area contributed by atoms with E-state index in [4.69, 9.17) is 4.74 Å². The Morgan fingerprint density at radius 2 is 1.84 bits per heavy atom. The first-order valence-corrected chi connectivity index (χ1v) is 9.70. The molecule has 10 heteroatoms. The van der Waals surface area contributed by atoms with Crippen molar-refractivity contribution >= 4 is 23.5 Å². The van der Waals surface area contributed by atoms with Gasteiger partial charge >= 0.3 is 5.97 Å². The lowest BCUT2D eigenvalue weighted by Gasteiger charge is -2.14. The summed E-state index contributed by atoms with van der Waals surface area (Å²) in [5.41, 5.74) is 1.51. The van der Waals surface area contributed by atoms with Gasteiger partial charge in [-0.15, -0.1) is 0 Å². The van der Waals surface area contributed by atoms with Gasteiger partial charge in [0.05, 0.1) is 17.8 Å². The Balaban J connectivity index is 1.53. The number of nitrogens with one attached hydrogen (secondary N) is 2. The fourth-order valence-corrected chi connectivity index (χ4v) is 3.28. The standard InChI is InChI=1S/C21H22F3N3O4/c1-10-8-14(11(2)27(10)13-4-5-13)21(30)31-12(3)20(29)25-9-17(28)26-16-7-6-15(22)18(23)19(16)24/h6-8,12-13H,4-5,9H2,1-3H3,(H,25,29)(H,26,28)/t12-/m1/s1. The number of aromatic nitrogens is 1. The number of halogens is 3.